The summed E-state index contributed by atoms with van der Waals surface area (Å²) in [5, 5.41) is 3.45. The third-order valence-electron chi connectivity index (χ3n) is 3.49. The first-order valence-electron chi connectivity index (χ1n) is 7.02. The smallest absolute Gasteiger partial charge is 0.175 e. The van der Waals surface area contributed by atoms with Crippen molar-refractivity contribution < 1.29 is 14.2 Å². The van der Waals surface area contributed by atoms with E-state index in [4.69, 9.17) is 14.2 Å². The summed E-state index contributed by atoms with van der Waals surface area (Å²) in [4.78, 5) is 0. The van der Waals surface area contributed by atoms with Gasteiger partial charge in [-0.3, -0.25) is 0 Å². The Hall–Kier alpha value is -0.780. The number of halogens is 1. The molecule has 0 saturated carbocycles. The molecule has 0 aromatic heterocycles. The molecule has 2 rings (SSSR count). The van der Waals surface area contributed by atoms with Crippen molar-refractivity contribution in [1.82, 2.24) is 5.32 Å². The predicted octanol–water partition coefficient (Wildman–Crippen LogP) is 2.99. The van der Waals surface area contributed by atoms with Gasteiger partial charge >= 0.3 is 0 Å². The molecule has 1 aliphatic rings. The Labute approximate surface area is 128 Å². The summed E-state index contributed by atoms with van der Waals surface area (Å²) in [6, 6.07) is 6.12. The zero-order valence-corrected chi connectivity index (χ0v) is 13.6. The summed E-state index contributed by atoms with van der Waals surface area (Å²) in [5.74, 6) is 1.49. The van der Waals surface area contributed by atoms with Crippen molar-refractivity contribution in [2.24, 2.45) is 0 Å². The van der Waals surface area contributed by atoms with E-state index in [9.17, 15) is 0 Å². The lowest BCUT2D eigenvalue weighted by Gasteiger charge is -2.20. The van der Waals surface area contributed by atoms with E-state index in [2.05, 4.69) is 28.2 Å². The minimum Gasteiger partial charge on any atom is -0.493 e. The lowest BCUT2D eigenvalue weighted by Crippen LogP contribution is -2.39. The molecule has 1 aliphatic heterocycles. The van der Waals surface area contributed by atoms with Gasteiger partial charge in [0.1, 0.15) is 6.61 Å². The molecule has 0 spiro atoms. The summed E-state index contributed by atoms with van der Waals surface area (Å²) < 4.78 is 17.6. The van der Waals surface area contributed by atoms with Crippen molar-refractivity contribution in [3.63, 3.8) is 0 Å². The third kappa shape index (κ3) is 4.11. The second-order valence-corrected chi connectivity index (χ2v) is 5.77. The number of methoxy groups -OCH3 is 1. The minimum atomic E-state index is 0.341. The molecule has 20 heavy (non-hydrogen) atoms. The molecule has 1 N–H and O–H groups in total. The standard InChI is InChI=1S/C15H22BrNO3/c1-11(13-7-4-9-19-13)17-8-10-20-15-12(16)5-3-6-14(15)18-2/h3,5-6,11,13,17H,4,7-10H2,1-2H3. The van der Waals surface area contributed by atoms with Crippen molar-refractivity contribution in [2.45, 2.75) is 31.9 Å². The number of hydrogen-bond donors (Lipinski definition) is 1. The molecule has 1 saturated heterocycles. The molecule has 5 heteroatoms. The van der Waals surface area contributed by atoms with Crippen LogP contribution in [0.3, 0.4) is 0 Å². The molecule has 2 atom stereocenters. The Morgan fingerprint density at radius 1 is 1.50 bits per heavy atom. The Balaban J connectivity index is 1.75. The van der Waals surface area contributed by atoms with Crippen molar-refractivity contribution in [3.8, 4) is 11.5 Å². The monoisotopic (exact) mass is 343 g/mol. The van der Waals surface area contributed by atoms with E-state index in [0.717, 1.165) is 35.5 Å². The van der Waals surface area contributed by atoms with Crippen LogP contribution >= 0.6 is 15.9 Å². The number of para-hydroxylation sites is 1. The molecular weight excluding hydrogens is 322 g/mol. The van der Waals surface area contributed by atoms with Crippen LogP contribution in [-0.2, 0) is 4.74 Å². The van der Waals surface area contributed by atoms with Crippen molar-refractivity contribution in [2.75, 3.05) is 26.9 Å². The Kier molecular flexibility index (Phi) is 6.13. The maximum absolute atomic E-state index is 5.80. The van der Waals surface area contributed by atoms with Gasteiger partial charge in [0.05, 0.1) is 17.7 Å². The molecule has 2 unspecified atom stereocenters. The molecule has 0 aliphatic carbocycles. The normalized spacial score (nSPS) is 19.9. The van der Waals surface area contributed by atoms with E-state index in [-0.39, 0.29) is 0 Å². The van der Waals surface area contributed by atoms with E-state index in [0.29, 0.717) is 18.8 Å². The van der Waals surface area contributed by atoms with Crippen LogP contribution in [0.5, 0.6) is 11.5 Å². The SMILES string of the molecule is COc1cccc(Br)c1OCCNC(C)C1CCCO1. The fourth-order valence-corrected chi connectivity index (χ4v) is 2.82. The van der Waals surface area contributed by atoms with Crippen LogP contribution in [0.4, 0.5) is 0 Å². The average molecular weight is 344 g/mol. The number of benzene rings is 1. The molecule has 1 aromatic rings. The topological polar surface area (TPSA) is 39.7 Å². The Morgan fingerprint density at radius 2 is 2.35 bits per heavy atom. The molecule has 112 valence electrons. The van der Waals surface area contributed by atoms with Crippen LogP contribution in [0.15, 0.2) is 22.7 Å². The fourth-order valence-electron chi connectivity index (χ4n) is 2.36. The number of nitrogens with one attached hydrogen (secondary N) is 1. The highest BCUT2D eigenvalue weighted by molar-refractivity contribution is 9.10. The van der Waals surface area contributed by atoms with E-state index in [1.54, 1.807) is 7.11 Å². The zero-order valence-electron chi connectivity index (χ0n) is 12.0. The molecule has 0 radical (unpaired) electrons. The van der Waals surface area contributed by atoms with Crippen molar-refractivity contribution >= 4 is 15.9 Å². The van der Waals surface area contributed by atoms with Crippen LogP contribution in [0.25, 0.3) is 0 Å². The van der Waals surface area contributed by atoms with Gasteiger partial charge in [-0.15, -0.1) is 0 Å². The maximum Gasteiger partial charge on any atom is 0.175 e. The molecule has 1 fully saturated rings. The fraction of sp³-hybridized carbons (Fsp3) is 0.600. The zero-order chi connectivity index (χ0) is 14.4. The number of ether oxygens (including phenoxy) is 3. The highest BCUT2D eigenvalue weighted by atomic mass is 79.9. The second kappa shape index (κ2) is 7.86. The molecule has 1 heterocycles. The highest BCUT2D eigenvalue weighted by Crippen LogP contribution is 2.34. The van der Waals surface area contributed by atoms with E-state index >= 15 is 0 Å². The van der Waals surface area contributed by atoms with Crippen molar-refractivity contribution in [1.29, 1.82) is 0 Å². The van der Waals surface area contributed by atoms with Gasteiger partial charge in [-0.25, -0.2) is 0 Å². The largest absolute Gasteiger partial charge is 0.493 e. The van der Waals surface area contributed by atoms with Gasteiger partial charge in [0.25, 0.3) is 0 Å². The first-order valence-corrected chi connectivity index (χ1v) is 7.82. The molecule has 0 bridgehead atoms. The summed E-state index contributed by atoms with van der Waals surface area (Å²) in [5.41, 5.74) is 0. The second-order valence-electron chi connectivity index (χ2n) is 4.91. The summed E-state index contributed by atoms with van der Waals surface area (Å²) in [7, 11) is 1.65. The third-order valence-corrected chi connectivity index (χ3v) is 4.11. The van der Waals surface area contributed by atoms with Gasteiger partial charge in [-0.05, 0) is 47.8 Å². The van der Waals surface area contributed by atoms with Crippen LogP contribution < -0.4 is 14.8 Å². The first kappa shape index (κ1) is 15.6. The lowest BCUT2D eigenvalue weighted by molar-refractivity contribution is 0.0824. The lowest BCUT2D eigenvalue weighted by atomic mass is 10.1. The summed E-state index contributed by atoms with van der Waals surface area (Å²) in [6.45, 7) is 4.43. The highest BCUT2D eigenvalue weighted by Gasteiger charge is 2.21. The maximum atomic E-state index is 5.80. The van der Waals surface area contributed by atoms with Crippen LogP contribution in [0.2, 0.25) is 0 Å². The Bertz CT molecular complexity index is 422. The quantitative estimate of drug-likeness (QED) is 0.772. The summed E-state index contributed by atoms with van der Waals surface area (Å²) in [6.07, 6.45) is 2.65. The number of hydrogen-bond acceptors (Lipinski definition) is 4. The van der Waals surface area contributed by atoms with Gasteiger partial charge in [0.15, 0.2) is 11.5 Å². The van der Waals surface area contributed by atoms with Crippen LogP contribution in [-0.4, -0.2) is 39.0 Å². The van der Waals surface area contributed by atoms with Gasteiger partial charge < -0.3 is 19.5 Å². The van der Waals surface area contributed by atoms with E-state index in [1.807, 2.05) is 18.2 Å². The summed E-state index contributed by atoms with van der Waals surface area (Å²) >= 11 is 3.48. The van der Waals surface area contributed by atoms with Gasteiger partial charge in [0, 0.05) is 19.2 Å². The first-order chi connectivity index (χ1) is 9.72. The van der Waals surface area contributed by atoms with Gasteiger partial charge in [-0.2, -0.15) is 0 Å². The Morgan fingerprint density at radius 3 is 3.05 bits per heavy atom. The molecular formula is C15H22BrNO3. The molecule has 0 amide bonds. The average Bonchev–Trinajstić information content (AvgIpc) is 2.98. The van der Waals surface area contributed by atoms with E-state index in [1.165, 1.54) is 6.42 Å². The van der Waals surface area contributed by atoms with Gasteiger partial charge in [0.2, 0.25) is 0 Å². The number of rotatable bonds is 7. The predicted molar refractivity (Wildman–Crippen MR) is 82.6 cm³/mol. The molecule has 1 aromatic carbocycles. The van der Waals surface area contributed by atoms with E-state index < -0.39 is 0 Å². The van der Waals surface area contributed by atoms with Crippen molar-refractivity contribution in [3.05, 3.63) is 22.7 Å². The van der Waals surface area contributed by atoms with Crippen LogP contribution in [0.1, 0.15) is 19.8 Å². The van der Waals surface area contributed by atoms with Gasteiger partial charge in [-0.1, -0.05) is 6.07 Å². The molecule has 4 nitrogen and oxygen atoms in total. The minimum absolute atomic E-state index is 0.341. The van der Waals surface area contributed by atoms with Crippen LogP contribution in [0, 0.1) is 0 Å².